The smallest absolute Gasteiger partial charge is 0.317 e. The summed E-state index contributed by atoms with van der Waals surface area (Å²) in [6, 6.07) is 14.3. The van der Waals surface area contributed by atoms with Crippen molar-refractivity contribution in [1.29, 1.82) is 0 Å². The van der Waals surface area contributed by atoms with E-state index in [4.69, 9.17) is 4.74 Å². The van der Waals surface area contributed by atoms with Crippen LogP contribution in [-0.4, -0.2) is 68.8 Å². The number of nitrogens with one attached hydrogen (secondary N) is 1. The zero-order valence-corrected chi connectivity index (χ0v) is 17.0. The van der Waals surface area contributed by atoms with Crippen LogP contribution in [0.2, 0.25) is 0 Å². The Hall–Kier alpha value is -2.96. The molecule has 0 bridgehead atoms. The van der Waals surface area contributed by atoms with Gasteiger partial charge >= 0.3 is 6.03 Å². The molecule has 154 valence electrons. The Bertz CT molecular complexity index is 808. The van der Waals surface area contributed by atoms with Gasteiger partial charge in [0.25, 0.3) is 0 Å². The molecule has 0 saturated carbocycles. The first-order valence-corrected chi connectivity index (χ1v) is 10.3. The molecule has 0 aliphatic carbocycles. The van der Waals surface area contributed by atoms with Crippen LogP contribution in [0.25, 0.3) is 0 Å². The quantitative estimate of drug-likeness (QED) is 0.843. The molecule has 2 aliphatic rings. The molecule has 1 aromatic heterocycles. The van der Waals surface area contributed by atoms with Crippen molar-refractivity contribution in [3.05, 3.63) is 48.7 Å². The Morgan fingerprint density at radius 2 is 1.90 bits per heavy atom. The molecule has 29 heavy (non-hydrogen) atoms. The van der Waals surface area contributed by atoms with E-state index in [1.165, 1.54) is 5.69 Å². The number of piperazine rings is 1. The maximum Gasteiger partial charge on any atom is 0.317 e. The number of para-hydroxylation sites is 1. The third kappa shape index (κ3) is 4.72. The monoisotopic (exact) mass is 395 g/mol. The molecule has 3 heterocycles. The molecule has 2 aliphatic heterocycles. The molecule has 0 radical (unpaired) electrons. The fourth-order valence-electron chi connectivity index (χ4n) is 4.05. The van der Waals surface area contributed by atoms with Crippen LogP contribution in [0.1, 0.15) is 6.42 Å². The third-order valence-corrected chi connectivity index (χ3v) is 5.79. The molecule has 1 atom stereocenters. The number of aromatic nitrogens is 1. The number of benzene rings is 1. The lowest BCUT2D eigenvalue weighted by atomic mass is 10.1. The summed E-state index contributed by atoms with van der Waals surface area (Å²) < 4.78 is 5.28. The lowest BCUT2D eigenvalue weighted by Gasteiger charge is -2.35. The van der Waals surface area contributed by atoms with Gasteiger partial charge in [0.2, 0.25) is 0 Å². The van der Waals surface area contributed by atoms with Crippen LogP contribution in [0.5, 0.6) is 5.75 Å². The number of urea groups is 1. The van der Waals surface area contributed by atoms with E-state index in [1.807, 2.05) is 23.1 Å². The van der Waals surface area contributed by atoms with Gasteiger partial charge in [0.1, 0.15) is 11.6 Å². The molecule has 2 fully saturated rings. The van der Waals surface area contributed by atoms with Crippen LogP contribution in [0, 0.1) is 5.92 Å². The second kappa shape index (κ2) is 9.03. The number of nitrogens with zero attached hydrogens (tertiary/aromatic N) is 4. The van der Waals surface area contributed by atoms with E-state index in [0.717, 1.165) is 50.7 Å². The first-order valence-electron chi connectivity index (χ1n) is 10.3. The number of hydrogen-bond donors (Lipinski definition) is 1. The first-order chi connectivity index (χ1) is 14.2. The Morgan fingerprint density at radius 1 is 1.10 bits per heavy atom. The molecule has 2 amide bonds. The van der Waals surface area contributed by atoms with Crippen LogP contribution < -0.4 is 19.9 Å². The minimum absolute atomic E-state index is 0.0430. The molecule has 1 aromatic carbocycles. The van der Waals surface area contributed by atoms with Crippen molar-refractivity contribution in [2.24, 2.45) is 5.92 Å². The van der Waals surface area contributed by atoms with E-state index in [2.05, 4.69) is 44.4 Å². The zero-order chi connectivity index (χ0) is 20.1. The largest absolute Gasteiger partial charge is 0.497 e. The molecule has 7 heteroatoms. The molecule has 2 saturated heterocycles. The standard InChI is InChI=1S/C22H29N5O2/c1-29-20-7-9-23-21(15-20)25-11-13-26(14-12-25)22(28)24-16-18-8-10-27(17-18)19-5-3-2-4-6-19/h2-7,9,15,18H,8,10-14,16-17H2,1H3,(H,24,28). The number of hydrogen-bond acceptors (Lipinski definition) is 5. The minimum Gasteiger partial charge on any atom is -0.497 e. The van der Waals surface area contributed by atoms with Crippen molar-refractivity contribution in [2.75, 3.05) is 62.7 Å². The number of carbonyl (C=O) groups is 1. The highest BCUT2D eigenvalue weighted by Crippen LogP contribution is 2.23. The Labute approximate surface area is 172 Å². The molecule has 2 aromatic rings. The molecule has 1 N–H and O–H groups in total. The van der Waals surface area contributed by atoms with Crippen LogP contribution >= 0.6 is 0 Å². The van der Waals surface area contributed by atoms with Crippen LogP contribution in [0.3, 0.4) is 0 Å². The van der Waals surface area contributed by atoms with Crippen molar-refractivity contribution in [3.63, 3.8) is 0 Å². The Balaban J connectivity index is 1.21. The maximum absolute atomic E-state index is 12.6. The highest BCUT2D eigenvalue weighted by atomic mass is 16.5. The van der Waals surface area contributed by atoms with E-state index < -0.39 is 0 Å². The maximum atomic E-state index is 12.6. The normalized spacial score (nSPS) is 19.3. The number of ether oxygens (including phenoxy) is 1. The summed E-state index contributed by atoms with van der Waals surface area (Å²) in [5.74, 6) is 2.20. The van der Waals surface area contributed by atoms with Gasteiger partial charge in [-0.1, -0.05) is 18.2 Å². The SMILES string of the molecule is COc1ccnc(N2CCN(C(=O)NCC3CCN(c4ccccc4)C3)CC2)c1. The van der Waals surface area contributed by atoms with E-state index in [0.29, 0.717) is 19.0 Å². The van der Waals surface area contributed by atoms with Crippen molar-refractivity contribution in [3.8, 4) is 5.75 Å². The molecule has 7 nitrogen and oxygen atoms in total. The highest BCUT2D eigenvalue weighted by molar-refractivity contribution is 5.74. The summed E-state index contributed by atoms with van der Waals surface area (Å²) >= 11 is 0. The fourth-order valence-corrected chi connectivity index (χ4v) is 4.05. The van der Waals surface area contributed by atoms with E-state index >= 15 is 0 Å². The Kier molecular flexibility index (Phi) is 6.03. The van der Waals surface area contributed by atoms with Gasteiger partial charge in [0.15, 0.2) is 0 Å². The van der Waals surface area contributed by atoms with Crippen molar-refractivity contribution < 1.29 is 9.53 Å². The van der Waals surface area contributed by atoms with E-state index in [1.54, 1.807) is 13.3 Å². The fraction of sp³-hybridized carbons (Fsp3) is 0.455. The lowest BCUT2D eigenvalue weighted by Crippen LogP contribution is -2.52. The number of carbonyl (C=O) groups excluding carboxylic acids is 1. The number of amides is 2. The first kappa shape index (κ1) is 19.4. The Morgan fingerprint density at radius 3 is 2.66 bits per heavy atom. The summed E-state index contributed by atoms with van der Waals surface area (Å²) in [5.41, 5.74) is 1.27. The number of rotatable bonds is 5. The van der Waals surface area contributed by atoms with Crippen molar-refractivity contribution >= 4 is 17.5 Å². The van der Waals surface area contributed by atoms with Crippen LogP contribution in [-0.2, 0) is 0 Å². The molecule has 4 rings (SSSR count). The van der Waals surface area contributed by atoms with Crippen LogP contribution in [0.4, 0.5) is 16.3 Å². The second-order valence-electron chi connectivity index (χ2n) is 7.65. The van der Waals surface area contributed by atoms with E-state index in [9.17, 15) is 4.79 Å². The van der Waals surface area contributed by atoms with Gasteiger partial charge in [0, 0.05) is 63.8 Å². The van der Waals surface area contributed by atoms with Gasteiger partial charge in [-0.05, 0) is 30.5 Å². The summed E-state index contributed by atoms with van der Waals surface area (Å²) in [6.45, 7) is 5.74. The zero-order valence-electron chi connectivity index (χ0n) is 17.0. The van der Waals surface area contributed by atoms with Crippen molar-refractivity contribution in [1.82, 2.24) is 15.2 Å². The average molecular weight is 396 g/mol. The minimum atomic E-state index is 0.0430. The van der Waals surface area contributed by atoms with E-state index in [-0.39, 0.29) is 6.03 Å². The summed E-state index contributed by atoms with van der Waals surface area (Å²) in [5, 5.41) is 3.15. The van der Waals surface area contributed by atoms with Gasteiger partial charge in [-0.3, -0.25) is 0 Å². The third-order valence-electron chi connectivity index (χ3n) is 5.79. The second-order valence-corrected chi connectivity index (χ2v) is 7.65. The molecule has 0 spiro atoms. The summed E-state index contributed by atoms with van der Waals surface area (Å²) in [7, 11) is 1.66. The van der Waals surface area contributed by atoms with Gasteiger partial charge in [-0.25, -0.2) is 9.78 Å². The van der Waals surface area contributed by atoms with Gasteiger partial charge in [0.05, 0.1) is 7.11 Å². The van der Waals surface area contributed by atoms with Gasteiger partial charge in [-0.2, -0.15) is 0 Å². The highest BCUT2D eigenvalue weighted by Gasteiger charge is 2.25. The lowest BCUT2D eigenvalue weighted by molar-refractivity contribution is 0.192. The predicted molar refractivity (Wildman–Crippen MR) is 115 cm³/mol. The van der Waals surface area contributed by atoms with Gasteiger partial charge < -0.3 is 24.8 Å². The number of methoxy groups -OCH3 is 1. The molecular weight excluding hydrogens is 366 g/mol. The average Bonchev–Trinajstić information content (AvgIpc) is 3.27. The van der Waals surface area contributed by atoms with Gasteiger partial charge in [-0.15, -0.1) is 0 Å². The molecular formula is C22H29N5O2. The summed E-state index contributed by atoms with van der Waals surface area (Å²) in [6.07, 6.45) is 2.87. The van der Waals surface area contributed by atoms with Crippen molar-refractivity contribution in [2.45, 2.75) is 6.42 Å². The predicted octanol–water partition coefficient (Wildman–Crippen LogP) is 2.45. The molecule has 1 unspecified atom stereocenters. The summed E-state index contributed by atoms with van der Waals surface area (Å²) in [4.78, 5) is 23.5. The topological polar surface area (TPSA) is 60.9 Å². The van der Waals surface area contributed by atoms with Crippen LogP contribution in [0.15, 0.2) is 48.7 Å². The number of anilines is 2. The number of pyridine rings is 1.